The molecule has 2 aromatic heterocycles. The summed E-state index contributed by atoms with van der Waals surface area (Å²) in [6.45, 7) is 3.50. The van der Waals surface area contributed by atoms with E-state index < -0.39 is 0 Å². The van der Waals surface area contributed by atoms with E-state index in [-0.39, 0.29) is 17.6 Å². The Morgan fingerprint density at radius 2 is 2.00 bits per heavy atom. The summed E-state index contributed by atoms with van der Waals surface area (Å²) >= 11 is 1.53. The third-order valence-corrected chi connectivity index (χ3v) is 6.95. The van der Waals surface area contributed by atoms with Crippen LogP contribution in [-0.4, -0.2) is 53.2 Å². The molecular weight excluding hydrogens is 398 g/mol. The summed E-state index contributed by atoms with van der Waals surface area (Å²) in [7, 11) is 0. The van der Waals surface area contributed by atoms with Crippen molar-refractivity contribution in [1.29, 1.82) is 0 Å². The molecule has 158 valence electrons. The number of para-hydroxylation sites is 1. The molecule has 30 heavy (non-hydrogen) atoms. The highest BCUT2D eigenvalue weighted by Crippen LogP contribution is 2.32. The molecular formula is C21H27N7OS. The molecule has 1 unspecified atom stereocenters. The molecule has 0 aliphatic carbocycles. The van der Waals surface area contributed by atoms with Crippen LogP contribution in [0.1, 0.15) is 25.7 Å². The first-order valence-corrected chi connectivity index (χ1v) is 11.5. The highest BCUT2D eigenvalue weighted by Gasteiger charge is 2.24. The van der Waals surface area contributed by atoms with Crippen molar-refractivity contribution in [3.8, 4) is 10.6 Å². The lowest BCUT2D eigenvalue weighted by atomic mass is 10.1. The molecule has 1 atom stereocenters. The van der Waals surface area contributed by atoms with Crippen molar-refractivity contribution in [3.63, 3.8) is 0 Å². The van der Waals surface area contributed by atoms with Gasteiger partial charge in [0.05, 0.1) is 10.2 Å². The number of H-pyrrole nitrogens is 1. The number of fused-ring (bicyclic) bond motifs is 1. The van der Waals surface area contributed by atoms with E-state index in [0.29, 0.717) is 22.3 Å². The maximum Gasteiger partial charge on any atom is 0.264 e. The number of nitrogens with zero attached hydrogens (tertiary/aromatic N) is 3. The van der Waals surface area contributed by atoms with Crippen LogP contribution in [0.4, 0.5) is 11.8 Å². The van der Waals surface area contributed by atoms with Gasteiger partial charge in [0.2, 0.25) is 5.95 Å². The van der Waals surface area contributed by atoms with Crippen LogP contribution in [0.2, 0.25) is 0 Å². The monoisotopic (exact) mass is 425 g/mol. The number of aromatic nitrogens is 3. The average molecular weight is 426 g/mol. The smallest absolute Gasteiger partial charge is 0.264 e. The fourth-order valence-electron chi connectivity index (χ4n) is 4.17. The molecule has 2 aliphatic heterocycles. The fourth-order valence-corrected chi connectivity index (χ4v) is 5.18. The molecule has 5 N–H and O–H groups in total. The van der Waals surface area contributed by atoms with Gasteiger partial charge in [-0.3, -0.25) is 9.78 Å². The Balaban J connectivity index is 1.56. The highest BCUT2D eigenvalue weighted by atomic mass is 32.1. The minimum absolute atomic E-state index is 0.153. The van der Waals surface area contributed by atoms with Gasteiger partial charge < -0.3 is 21.3 Å². The normalized spacial score (nSPS) is 20.6. The number of nitrogens with two attached hydrogens (primary N) is 1. The van der Waals surface area contributed by atoms with Crippen LogP contribution in [0.5, 0.6) is 0 Å². The number of anilines is 2. The SMILES string of the molecule is NC1CCN(c2nc(NC3CCCNC3)c(-c3nc4ccccc4s3)c(=O)[nH]2)CC1. The number of hydrogen-bond donors (Lipinski definition) is 4. The number of rotatable bonds is 4. The predicted octanol–water partition coefficient (Wildman–Crippen LogP) is 2.14. The molecule has 2 fully saturated rings. The Labute approximate surface area is 178 Å². The molecule has 0 amide bonds. The largest absolute Gasteiger partial charge is 0.365 e. The second-order valence-electron chi connectivity index (χ2n) is 8.11. The number of hydrogen-bond acceptors (Lipinski definition) is 8. The Hall–Kier alpha value is -2.49. The summed E-state index contributed by atoms with van der Waals surface area (Å²) in [5, 5.41) is 7.66. The molecule has 9 heteroatoms. The Bertz CT molecular complexity index is 1050. The van der Waals surface area contributed by atoms with Crippen molar-refractivity contribution >= 4 is 33.3 Å². The molecule has 2 saturated heterocycles. The summed E-state index contributed by atoms with van der Waals surface area (Å²) in [5.74, 6) is 1.24. The third kappa shape index (κ3) is 3.92. The van der Waals surface area contributed by atoms with Gasteiger partial charge in [-0.05, 0) is 44.4 Å². The average Bonchev–Trinajstić information content (AvgIpc) is 3.18. The van der Waals surface area contributed by atoms with Crippen LogP contribution in [0.15, 0.2) is 29.1 Å². The topological polar surface area (TPSA) is 112 Å². The Morgan fingerprint density at radius 3 is 2.77 bits per heavy atom. The van der Waals surface area contributed by atoms with Crippen LogP contribution >= 0.6 is 11.3 Å². The summed E-state index contributed by atoms with van der Waals surface area (Å²) in [4.78, 5) is 28.0. The van der Waals surface area contributed by atoms with Gasteiger partial charge >= 0.3 is 0 Å². The van der Waals surface area contributed by atoms with E-state index in [1.54, 1.807) is 0 Å². The molecule has 4 heterocycles. The summed E-state index contributed by atoms with van der Waals surface area (Å²) in [5.41, 5.74) is 7.32. The second kappa shape index (κ2) is 8.33. The highest BCUT2D eigenvalue weighted by molar-refractivity contribution is 7.21. The zero-order valence-electron chi connectivity index (χ0n) is 16.9. The summed E-state index contributed by atoms with van der Waals surface area (Å²) < 4.78 is 1.06. The summed E-state index contributed by atoms with van der Waals surface area (Å²) in [6.07, 6.45) is 3.96. The Kier molecular flexibility index (Phi) is 5.41. The van der Waals surface area contributed by atoms with Gasteiger partial charge in [-0.2, -0.15) is 4.98 Å². The maximum absolute atomic E-state index is 13.3. The first-order valence-electron chi connectivity index (χ1n) is 10.7. The molecule has 0 spiro atoms. The minimum atomic E-state index is -0.153. The standard InChI is InChI=1S/C21H27N7OS/c22-13-7-10-28(11-8-13)21-26-18(24-14-4-3-9-23-12-14)17(19(29)27-21)20-25-15-5-1-2-6-16(15)30-20/h1-2,5-6,13-14,23H,3-4,7-12,22H2,(H2,24,26,27,29). The van der Waals surface area contributed by atoms with E-state index in [2.05, 4.69) is 20.5 Å². The molecule has 5 rings (SSSR count). The number of benzene rings is 1. The Morgan fingerprint density at radius 1 is 1.17 bits per heavy atom. The molecule has 0 bridgehead atoms. The van der Waals surface area contributed by atoms with E-state index in [0.717, 1.165) is 62.1 Å². The van der Waals surface area contributed by atoms with Crippen LogP contribution in [0.3, 0.4) is 0 Å². The van der Waals surface area contributed by atoms with Gasteiger partial charge in [-0.25, -0.2) is 4.98 Å². The van der Waals surface area contributed by atoms with Gasteiger partial charge in [0.15, 0.2) is 0 Å². The van der Waals surface area contributed by atoms with E-state index in [4.69, 9.17) is 15.7 Å². The van der Waals surface area contributed by atoms with Gasteiger partial charge in [-0.15, -0.1) is 11.3 Å². The van der Waals surface area contributed by atoms with Gasteiger partial charge in [0, 0.05) is 31.7 Å². The quantitative estimate of drug-likeness (QED) is 0.507. The van der Waals surface area contributed by atoms with Crippen molar-refractivity contribution in [1.82, 2.24) is 20.3 Å². The van der Waals surface area contributed by atoms with E-state index >= 15 is 0 Å². The second-order valence-corrected chi connectivity index (χ2v) is 9.14. The first kappa shape index (κ1) is 19.5. The van der Waals surface area contributed by atoms with Crippen LogP contribution in [-0.2, 0) is 0 Å². The lowest BCUT2D eigenvalue weighted by Crippen LogP contribution is -2.42. The molecule has 1 aromatic carbocycles. The number of aromatic amines is 1. The third-order valence-electron chi connectivity index (χ3n) is 5.89. The van der Waals surface area contributed by atoms with Crippen LogP contribution < -0.4 is 26.8 Å². The van der Waals surface area contributed by atoms with Gasteiger partial charge in [-0.1, -0.05) is 12.1 Å². The number of nitrogens with one attached hydrogen (secondary N) is 3. The van der Waals surface area contributed by atoms with Crippen molar-refractivity contribution in [2.75, 3.05) is 36.4 Å². The molecule has 0 radical (unpaired) electrons. The van der Waals surface area contributed by atoms with Gasteiger partial charge in [0.25, 0.3) is 5.56 Å². The van der Waals surface area contributed by atoms with Crippen LogP contribution in [0.25, 0.3) is 20.8 Å². The fraction of sp³-hybridized carbons (Fsp3) is 0.476. The lowest BCUT2D eigenvalue weighted by molar-refractivity contribution is 0.478. The van der Waals surface area contributed by atoms with Crippen LogP contribution in [0, 0.1) is 0 Å². The van der Waals surface area contributed by atoms with Crippen molar-refractivity contribution in [2.45, 2.75) is 37.8 Å². The van der Waals surface area contributed by atoms with E-state index in [1.165, 1.54) is 11.3 Å². The predicted molar refractivity (Wildman–Crippen MR) is 122 cm³/mol. The molecule has 2 aliphatic rings. The van der Waals surface area contributed by atoms with Crippen molar-refractivity contribution in [2.24, 2.45) is 5.73 Å². The number of piperidine rings is 2. The van der Waals surface area contributed by atoms with E-state index in [1.807, 2.05) is 24.3 Å². The lowest BCUT2D eigenvalue weighted by Gasteiger charge is -2.31. The molecule has 0 saturated carbocycles. The molecule has 8 nitrogen and oxygen atoms in total. The maximum atomic E-state index is 13.3. The van der Waals surface area contributed by atoms with Crippen molar-refractivity contribution < 1.29 is 0 Å². The summed E-state index contributed by atoms with van der Waals surface area (Å²) in [6, 6.07) is 8.42. The number of thiazole rings is 1. The molecule has 3 aromatic rings. The zero-order chi connectivity index (χ0) is 20.5. The van der Waals surface area contributed by atoms with E-state index in [9.17, 15) is 4.79 Å². The van der Waals surface area contributed by atoms with Crippen molar-refractivity contribution in [3.05, 3.63) is 34.6 Å². The zero-order valence-corrected chi connectivity index (χ0v) is 17.7. The first-order chi connectivity index (χ1) is 14.7. The minimum Gasteiger partial charge on any atom is -0.365 e. The van der Waals surface area contributed by atoms with Gasteiger partial charge in [0.1, 0.15) is 16.4 Å².